The molecular formula is C19H21N3O2. The van der Waals surface area contributed by atoms with Crippen LogP contribution in [-0.4, -0.2) is 29.3 Å². The first-order valence-corrected chi connectivity index (χ1v) is 8.05. The van der Waals surface area contributed by atoms with Crippen molar-refractivity contribution in [2.45, 2.75) is 25.0 Å². The van der Waals surface area contributed by atoms with Gasteiger partial charge in [-0.2, -0.15) is 0 Å². The molecule has 2 atom stereocenters. The zero-order chi connectivity index (χ0) is 16.9. The minimum atomic E-state index is -0.583. The van der Waals surface area contributed by atoms with E-state index in [4.69, 9.17) is 5.73 Å². The average Bonchev–Trinajstić information content (AvgIpc) is 2.94. The Morgan fingerprint density at radius 2 is 1.75 bits per heavy atom. The molecule has 2 amide bonds. The van der Waals surface area contributed by atoms with Gasteiger partial charge in [-0.05, 0) is 11.1 Å². The molecule has 0 unspecified atom stereocenters. The van der Waals surface area contributed by atoms with Crippen molar-refractivity contribution in [3.63, 3.8) is 0 Å². The number of carbonyl (C=O) groups excluding carboxylic acids is 2. The molecule has 3 N–H and O–H groups in total. The van der Waals surface area contributed by atoms with Crippen LogP contribution in [0.1, 0.15) is 23.6 Å². The van der Waals surface area contributed by atoms with E-state index in [2.05, 4.69) is 5.32 Å². The number of hydrogen-bond donors (Lipinski definition) is 2. The molecule has 1 aliphatic heterocycles. The molecule has 1 saturated heterocycles. The summed E-state index contributed by atoms with van der Waals surface area (Å²) in [4.78, 5) is 25.9. The van der Waals surface area contributed by atoms with E-state index >= 15 is 0 Å². The Kier molecular flexibility index (Phi) is 4.91. The minimum absolute atomic E-state index is 0.0843. The first-order valence-electron chi connectivity index (χ1n) is 8.05. The van der Waals surface area contributed by atoms with Gasteiger partial charge >= 0.3 is 0 Å². The number of nitrogens with two attached hydrogens (primary N) is 1. The normalized spacial score (nSPS) is 18.6. The number of nitrogens with one attached hydrogen (secondary N) is 1. The van der Waals surface area contributed by atoms with Gasteiger partial charge in [-0.1, -0.05) is 60.7 Å². The number of rotatable bonds is 6. The maximum absolute atomic E-state index is 12.2. The molecule has 0 spiro atoms. The van der Waals surface area contributed by atoms with Crippen molar-refractivity contribution in [2.75, 3.05) is 6.54 Å². The highest BCUT2D eigenvalue weighted by molar-refractivity contribution is 5.82. The largest absolute Gasteiger partial charge is 0.368 e. The van der Waals surface area contributed by atoms with Crippen molar-refractivity contribution in [3.05, 3.63) is 71.8 Å². The second-order valence-corrected chi connectivity index (χ2v) is 6.07. The van der Waals surface area contributed by atoms with Crippen LogP contribution in [0.4, 0.5) is 0 Å². The van der Waals surface area contributed by atoms with Crippen LogP contribution < -0.4 is 11.1 Å². The molecule has 0 saturated carbocycles. The van der Waals surface area contributed by atoms with Gasteiger partial charge in [0.1, 0.15) is 6.04 Å². The highest BCUT2D eigenvalue weighted by atomic mass is 16.2. The van der Waals surface area contributed by atoms with Gasteiger partial charge in [0, 0.05) is 25.6 Å². The Bertz CT molecular complexity index is 703. The molecule has 5 nitrogen and oxygen atoms in total. The van der Waals surface area contributed by atoms with E-state index in [1.54, 1.807) is 0 Å². The third-order valence-electron chi connectivity index (χ3n) is 4.25. The molecule has 2 aromatic rings. The number of amides is 2. The average molecular weight is 323 g/mol. The topological polar surface area (TPSA) is 75.4 Å². The van der Waals surface area contributed by atoms with Gasteiger partial charge in [-0.3, -0.25) is 14.9 Å². The molecule has 124 valence electrons. The number of likely N-dealkylation sites (tertiary alicyclic amines) is 1. The molecule has 5 heteroatoms. The van der Waals surface area contributed by atoms with Crippen LogP contribution in [-0.2, 0) is 16.1 Å². The van der Waals surface area contributed by atoms with Crippen molar-refractivity contribution in [1.82, 2.24) is 10.2 Å². The molecule has 1 heterocycles. The molecule has 0 aliphatic carbocycles. The lowest BCUT2D eigenvalue weighted by atomic mass is 10.1. The molecule has 1 aliphatic rings. The van der Waals surface area contributed by atoms with E-state index < -0.39 is 11.9 Å². The van der Waals surface area contributed by atoms with Gasteiger partial charge in [0.15, 0.2) is 0 Å². The summed E-state index contributed by atoms with van der Waals surface area (Å²) in [5.74, 6) is -0.345. The van der Waals surface area contributed by atoms with E-state index in [-0.39, 0.29) is 11.9 Å². The lowest BCUT2D eigenvalue weighted by molar-refractivity contribution is -0.128. The predicted octanol–water partition coefficient (Wildman–Crippen LogP) is 1.60. The molecule has 0 aromatic heterocycles. The fourth-order valence-electron chi connectivity index (χ4n) is 3.06. The van der Waals surface area contributed by atoms with Gasteiger partial charge in [0.25, 0.3) is 0 Å². The third kappa shape index (κ3) is 3.81. The maximum Gasteiger partial charge on any atom is 0.239 e. The van der Waals surface area contributed by atoms with Crippen LogP contribution >= 0.6 is 0 Å². The molecule has 3 rings (SSSR count). The summed E-state index contributed by atoms with van der Waals surface area (Å²) >= 11 is 0. The van der Waals surface area contributed by atoms with Crippen molar-refractivity contribution in [3.8, 4) is 0 Å². The minimum Gasteiger partial charge on any atom is -0.368 e. The first kappa shape index (κ1) is 16.2. The van der Waals surface area contributed by atoms with Gasteiger partial charge in [-0.15, -0.1) is 0 Å². The van der Waals surface area contributed by atoms with E-state index in [1.165, 1.54) is 0 Å². The second kappa shape index (κ2) is 7.27. The van der Waals surface area contributed by atoms with Crippen LogP contribution in [0.25, 0.3) is 0 Å². The first-order chi connectivity index (χ1) is 11.6. The number of primary amides is 1. The number of nitrogens with zero attached hydrogens (tertiary/aromatic N) is 1. The number of hydrogen-bond acceptors (Lipinski definition) is 3. The Morgan fingerprint density at radius 3 is 2.38 bits per heavy atom. The standard InChI is InChI=1S/C19H21N3O2/c20-19(24)18(15-9-5-2-6-10-15)21-16-11-17(23)22(13-16)12-14-7-3-1-4-8-14/h1-10,16,18,21H,11-13H2,(H2,20,24)/t16-,18-/m0/s1. The highest BCUT2D eigenvalue weighted by Crippen LogP contribution is 2.19. The summed E-state index contributed by atoms with van der Waals surface area (Å²) in [6, 6.07) is 18.6. The fourth-order valence-corrected chi connectivity index (χ4v) is 3.06. The van der Waals surface area contributed by atoms with Gasteiger partial charge in [-0.25, -0.2) is 0 Å². The van der Waals surface area contributed by atoms with Crippen molar-refractivity contribution < 1.29 is 9.59 Å². The summed E-state index contributed by atoms with van der Waals surface area (Å²) in [5.41, 5.74) is 7.46. The number of carbonyl (C=O) groups is 2. The van der Waals surface area contributed by atoms with E-state index in [9.17, 15) is 9.59 Å². The van der Waals surface area contributed by atoms with Gasteiger partial charge in [0.05, 0.1) is 0 Å². The SMILES string of the molecule is NC(=O)[C@@H](N[C@H]1CC(=O)N(Cc2ccccc2)C1)c1ccccc1. The molecule has 2 aromatic carbocycles. The Balaban J connectivity index is 1.65. The molecule has 1 fully saturated rings. The van der Waals surface area contributed by atoms with Crippen LogP contribution in [0.5, 0.6) is 0 Å². The summed E-state index contributed by atoms with van der Waals surface area (Å²) < 4.78 is 0. The Hall–Kier alpha value is -2.66. The Labute approximate surface area is 141 Å². The maximum atomic E-state index is 12.2. The third-order valence-corrected chi connectivity index (χ3v) is 4.25. The van der Waals surface area contributed by atoms with E-state index in [0.717, 1.165) is 11.1 Å². The van der Waals surface area contributed by atoms with Crippen LogP contribution in [0.3, 0.4) is 0 Å². The number of benzene rings is 2. The quantitative estimate of drug-likeness (QED) is 0.848. The van der Waals surface area contributed by atoms with Crippen molar-refractivity contribution in [2.24, 2.45) is 5.73 Å². The lowest BCUT2D eigenvalue weighted by Gasteiger charge is -2.21. The zero-order valence-electron chi connectivity index (χ0n) is 13.4. The molecule has 0 radical (unpaired) electrons. The van der Waals surface area contributed by atoms with Crippen LogP contribution in [0.15, 0.2) is 60.7 Å². The lowest BCUT2D eigenvalue weighted by Crippen LogP contribution is -2.41. The van der Waals surface area contributed by atoms with Gasteiger partial charge < -0.3 is 10.6 Å². The van der Waals surface area contributed by atoms with E-state index in [1.807, 2.05) is 65.6 Å². The zero-order valence-corrected chi connectivity index (χ0v) is 13.4. The monoisotopic (exact) mass is 323 g/mol. The molecule has 0 bridgehead atoms. The van der Waals surface area contributed by atoms with Gasteiger partial charge in [0.2, 0.25) is 11.8 Å². The van der Waals surface area contributed by atoms with Crippen LogP contribution in [0, 0.1) is 0 Å². The Morgan fingerprint density at radius 1 is 1.12 bits per heavy atom. The smallest absolute Gasteiger partial charge is 0.239 e. The second-order valence-electron chi connectivity index (χ2n) is 6.07. The fraction of sp³-hybridized carbons (Fsp3) is 0.263. The summed E-state index contributed by atoms with van der Waals surface area (Å²) in [6.07, 6.45) is 0.378. The summed E-state index contributed by atoms with van der Waals surface area (Å²) in [6.45, 7) is 1.16. The van der Waals surface area contributed by atoms with Crippen molar-refractivity contribution >= 4 is 11.8 Å². The van der Waals surface area contributed by atoms with Crippen molar-refractivity contribution in [1.29, 1.82) is 0 Å². The molecule has 24 heavy (non-hydrogen) atoms. The summed E-state index contributed by atoms with van der Waals surface area (Å²) in [7, 11) is 0. The van der Waals surface area contributed by atoms with E-state index in [0.29, 0.717) is 19.5 Å². The summed E-state index contributed by atoms with van der Waals surface area (Å²) in [5, 5.41) is 3.24. The molecular weight excluding hydrogens is 302 g/mol. The highest BCUT2D eigenvalue weighted by Gasteiger charge is 2.32. The predicted molar refractivity (Wildman–Crippen MR) is 91.8 cm³/mol. The van der Waals surface area contributed by atoms with Crippen LogP contribution in [0.2, 0.25) is 0 Å².